The molecule has 0 atom stereocenters. The van der Waals surface area contributed by atoms with Crippen molar-refractivity contribution in [2.45, 2.75) is 6.92 Å². The van der Waals surface area contributed by atoms with Crippen molar-refractivity contribution in [2.24, 2.45) is 0 Å². The predicted molar refractivity (Wildman–Crippen MR) is 89.4 cm³/mol. The SMILES string of the molecule is CCOC(=O)c1ccc(-n2cc(C#N)c3cc(Br)cnc32)cc1. The molecule has 23 heavy (non-hydrogen) atoms. The molecule has 0 bridgehead atoms. The highest BCUT2D eigenvalue weighted by molar-refractivity contribution is 9.10. The van der Waals surface area contributed by atoms with Crippen LogP contribution in [-0.4, -0.2) is 22.1 Å². The molecule has 0 saturated heterocycles. The van der Waals surface area contributed by atoms with E-state index in [1.807, 2.05) is 10.6 Å². The minimum Gasteiger partial charge on any atom is -0.462 e. The lowest BCUT2D eigenvalue weighted by Gasteiger charge is -2.06. The molecule has 0 unspecified atom stereocenters. The number of fused-ring (bicyclic) bond motifs is 1. The molecule has 0 radical (unpaired) electrons. The zero-order valence-corrected chi connectivity index (χ0v) is 13.9. The van der Waals surface area contributed by atoms with Crippen LogP contribution in [0.2, 0.25) is 0 Å². The molecule has 0 saturated carbocycles. The molecule has 1 aromatic carbocycles. The van der Waals surface area contributed by atoms with Crippen LogP contribution in [0.15, 0.2) is 47.2 Å². The normalized spacial score (nSPS) is 10.5. The molecule has 0 aliphatic heterocycles. The topological polar surface area (TPSA) is 67.9 Å². The van der Waals surface area contributed by atoms with E-state index in [-0.39, 0.29) is 5.97 Å². The fraction of sp³-hybridized carbons (Fsp3) is 0.118. The van der Waals surface area contributed by atoms with Crippen LogP contribution >= 0.6 is 15.9 Å². The lowest BCUT2D eigenvalue weighted by Crippen LogP contribution is -2.04. The first-order chi connectivity index (χ1) is 11.1. The molecule has 0 spiro atoms. The average Bonchev–Trinajstić information content (AvgIpc) is 2.93. The highest BCUT2D eigenvalue weighted by Crippen LogP contribution is 2.25. The van der Waals surface area contributed by atoms with Crippen LogP contribution in [0.4, 0.5) is 0 Å². The molecule has 6 heteroatoms. The van der Waals surface area contributed by atoms with Gasteiger partial charge in [0.1, 0.15) is 11.7 Å². The number of carbonyl (C=O) groups excluding carboxylic acids is 1. The van der Waals surface area contributed by atoms with Crippen molar-refractivity contribution in [1.82, 2.24) is 9.55 Å². The number of hydrogen-bond acceptors (Lipinski definition) is 4. The van der Waals surface area contributed by atoms with Crippen LogP contribution in [0, 0.1) is 11.3 Å². The smallest absolute Gasteiger partial charge is 0.338 e. The highest BCUT2D eigenvalue weighted by atomic mass is 79.9. The van der Waals surface area contributed by atoms with Crippen LogP contribution < -0.4 is 0 Å². The van der Waals surface area contributed by atoms with Gasteiger partial charge in [-0.05, 0) is 53.2 Å². The third-order valence-corrected chi connectivity index (χ3v) is 3.82. The summed E-state index contributed by atoms with van der Waals surface area (Å²) < 4.78 is 7.62. The third-order valence-electron chi connectivity index (χ3n) is 3.39. The number of pyridine rings is 1. The highest BCUT2D eigenvalue weighted by Gasteiger charge is 2.12. The number of hydrogen-bond donors (Lipinski definition) is 0. The number of aromatic nitrogens is 2. The number of benzene rings is 1. The van der Waals surface area contributed by atoms with Crippen LogP contribution in [-0.2, 0) is 4.74 Å². The Morgan fingerprint density at radius 3 is 2.78 bits per heavy atom. The number of carbonyl (C=O) groups is 1. The first kappa shape index (κ1) is 15.3. The Bertz CT molecular complexity index is 923. The van der Waals surface area contributed by atoms with Gasteiger partial charge in [-0.15, -0.1) is 0 Å². The molecule has 3 rings (SSSR count). The maximum atomic E-state index is 11.7. The van der Waals surface area contributed by atoms with Crippen LogP contribution in [0.1, 0.15) is 22.8 Å². The Morgan fingerprint density at radius 1 is 1.39 bits per heavy atom. The summed E-state index contributed by atoms with van der Waals surface area (Å²) in [5.74, 6) is -0.351. The van der Waals surface area contributed by atoms with Gasteiger partial charge in [-0.1, -0.05) is 0 Å². The summed E-state index contributed by atoms with van der Waals surface area (Å²) in [6.07, 6.45) is 3.43. The first-order valence-electron chi connectivity index (χ1n) is 6.98. The Balaban J connectivity index is 2.07. The zero-order chi connectivity index (χ0) is 16.4. The molecule has 114 valence electrons. The lowest BCUT2D eigenvalue weighted by atomic mass is 10.2. The molecule has 2 heterocycles. The first-order valence-corrected chi connectivity index (χ1v) is 7.77. The van der Waals surface area contributed by atoms with Crippen molar-refractivity contribution >= 4 is 32.9 Å². The van der Waals surface area contributed by atoms with Gasteiger partial charge in [0.25, 0.3) is 0 Å². The van der Waals surface area contributed by atoms with Crippen LogP contribution in [0.5, 0.6) is 0 Å². The van der Waals surface area contributed by atoms with Crippen molar-refractivity contribution < 1.29 is 9.53 Å². The number of halogens is 1. The lowest BCUT2D eigenvalue weighted by molar-refractivity contribution is 0.0526. The van der Waals surface area contributed by atoms with E-state index >= 15 is 0 Å². The van der Waals surface area contributed by atoms with E-state index in [9.17, 15) is 10.1 Å². The van der Waals surface area contributed by atoms with Gasteiger partial charge in [-0.3, -0.25) is 4.57 Å². The van der Waals surface area contributed by atoms with Crippen LogP contribution in [0.25, 0.3) is 16.7 Å². The number of nitriles is 1. The summed E-state index contributed by atoms with van der Waals surface area (Å²) in [7, 11) is 0. The number of nitrogens with zero attached hydrogens (tertiary/aromatic N) is 3. The van der Waals surface area contributed by atoms with E-state index in [1.165, 1.54) is 0 Å². The van der Waals surface area contributed by atoms with Crippen molar-refractivity contribution in [3.63, 3.8) is 0 Å². The van der Waals surface area contributed by atoms with E-state index in [4.69, 9.17) is 4.74 Å². The second-order valence-electron chi connectivity index (χ2n) is 4.82. The fourth-order valence-corrected chi connectivity index (χ4v) is 2.67. The minimum absolute atomic E-state index is 0.340. The summed E-state index contributed by atoms with van der Waals surface area (Å²) in [5.41, 5.74) is 2.54. The number of rotatable bonds is 3. The zero-order valence-electron chi connectivity index (χ0n) is 12.3. The van der Waals surface area contributed by atoms with Crippen molar-refractivity contribution in [3.8, 4) is 11.8 Å². The Labute approximate surface area is 141 Å². The third kappa shape index (κ3) is 2.83. The van der Waals surface area contributed by atoms with Gasteiger partial charge in [-0.25, -0.2) is 9.78 Å². The Kier molecular flexibility index (Phi) is 4.13. The van der Waals surface area contributed by atoms with Gasteiger partial charge in [0, 0.05) is 27.9 Å². The van der Waals surface area contributed by atoms with Crippen molar-refractivity contribution in [2.75, 3.05) is 6.61 Å². The molecule has 0 amide bonds. The summed E-state index contributed by atoms with van der Waals surface area (Å²) in [4.78, 5) is 16.1. The van der Waals surface area contributed by atoms with Gasteiger partial charge >= 0.3 is 5.97 Å². The van der Waals surface area contributed by atoms with Gasteiger partial charge < -0.3 is 4.74 Å². The Hall–Kier alpha value is -2.65. The van der Waals surface area contributed by atoms with Crippen molar-refractivity contribution in [1.29, 1.82) is 5.26 Å². The summed E-state index contributed by atoms with van der Waals surface area (Å²) in [5, 5.41) is 10.1. The molecule has 3 aromatic rings. The van der Waals surface area contributed by atoms with Crippen LogP contribution in [0.3, 0.4) is 0 Å². The molecule has 0 fully saturated rings. The molecule has 0 aliphatic carbocycles. The minimum atomic E-state index is -0.351. The molecule has 0 N–H and O–H groups in total. The van der Waals surface area contributed by atoms with Gasteiger partial charge in [0.05, 0.1) is 17.7 Å². The summed E-state index contributed by atoms with van der Waals surface area (Å²) >= 11 is 3.37. The second-order valence-corrected chi connectivity index (χ2v) is 5.73. The molecular weight excluding hydrogens is 358 g/mol. The van der Waals surface area contributed by atoms with Crippen molar-refractivity contribution in [3.05, 3.63) is 58.3 Å². The fourth-order valence-electron chi connectivity index (χ4n) is 2.34. The van der Waals surface area contributed by atoms with E-state index in [0.717, 1.165) is 15.5 Å². The Morgan fingerprint density at radius 2 is 2.13 bits per heavy atom. The van der Waals surface area contributed by atoms with Gasteiger partial charge in [0.2, 0.25) is 0 Å². The molecular formula is C17H12BrN3O2. The molecule has 2 aromatic heterocycles. The number of ether oxygens (including phenoxy) is 1. The quantitative estimate of drug-likeness (QED) is 0.657. The number of esters is 1. The van der Waals surface area contributed by atoms with Gasteiger partial charge in [-0.2, -0.15) is 5.26 Å². The summed E-state index contributed by atoms with van der Waals surface area (Å²) in [6.45, 7) is 2.11. The monoisotopic (exact) mass is 369 g/mol. The predicted octanol–water partition coefficient (Wildman–Crippen LogP) is 3.84. The van der Waals surface area contributed by atoms with E-state index in [1.54, 1.807) is 43.6 Å². The summed E-state index contributed by atoms with van der Waals surface area (Å²) in [6, 6.07) is 11.0. The second kappa shape index (κ2) is 6.23. The van der Waals surface area contributed by atoms with E-state index < -0.39 is 0 Å². The van der Waals surface area contributed by atoms with Gasteiger partial charge in [0.15, 0.2) is 0 Å². The maximum Gasteiger partial charge on any atom is 0.338 e. The molecule has 0 aliphatic rings. The van der Waals surface area contributed by atoms with E-state index in [2.05, 4.69) is 27.0 Å². The maximum absolute atomic E-state index is 11.7. The van der Waals surface area contributed by atoms with E-state index in [0.29, 0.717) is 23.4 Å². The standard InChI is InChI=1S/C17H12BrN3O2/c1-2-23-17(22)11-3-5-14(6-4-11)21-10-12(8-19)15-7-13(18)9-20-16(15)21/h3-7,9-10H,2H2,1H3. The average molecular weight is 370 g/mol. The largest absolute Gasteiger partial charge is 0.462 e. The molecule has 5 nitrogen and oxygen atoms in total.